The van der Waals surface area contributed by atoms with Crippen LogP contribution >= 0.6 is 0 Å². The zero-order valence-electron chi connectivity index (χ0n) is 9.62. The molecule has 0 aromatic heterocycles. The first kappa shape index (κ1) is 11.0. The second-order valence-electron chi connectivity index (χ2n) is 4.28. The van der Waals surface area contributed by atoms with E-state index in [1.807, 2.05) is 0 Å². The molecule has 1 atom stereocenters. The molecule has 0 aromatic carbocycles. The van der Waals surface area contributed by atoms with E-state index in [1.54, 1.807) is 0 Å². The molecule has 1 rings (SSSR count). The van der Waals surface area contributed by atoms with Crippen LogP contribution in [-0.2, 0) is 0 Å². The van der Waals surface area contributed by atoms with Gasteiger partial charge in [-0.25, -0.2) is 10.0 Å². The highest BCUT2D eigenvalue weighted by Gasteiger charge is 2.31. The Bertz CT molecular complexity index is 158. The molecule has 1 unspecified atom stereocenters. The largest absolute Gasteiger partial charge is 0.288 e. The smallest absolute Gasteiger partial charge is 0.0781 e. The Morgan fingerprint density at radius 2 is 1.85 bits per heavy atom. The van der Waals surface area contributed by atoms with Gasteiger partial charge in [-0.2, -0.15) is 0 Å². The summed E-state index contributed by atoms with van der Waals surface area (Å²) in [5.74, 6) is 0.688. The molecule has 0 N–H and O–H groups in total. The summed E-state index contributed by atoms with van der Waals surface area (Å²) in [6.07, 6.45) is 0.573. The molecular weight excluding hydrogens is 162 g/mol. The lowest BCUT2D eigenvalue weighted by Crippen LogP contribution is -2.62. The Labute approximate surface area is 82.3 Å². The fourth-order valence-corrected chi connectivity index (χ4v) is 2.27. The Morgan fingerprint density at radius 1 is 1.23 bits per heavy atom. The second-order valence-corrected chi connectivity index (χ2v) is 4.28. The van der Waals surface area contributed by atoms with Crippen molar-refractivity contribution in [3.63, 3.8) is 0 Å². The topological polar surface area (TPSA) is 9.72 Å². The average molecular weight is 185 g/mol. The van der Waals surface area contributed by atoms with Crippen LogP contribution in [0.3, 0.4) is 0 Å². The highest BCUT2D eigenvalue weighted by Crippen LogP contribution is 2.19. The lowest BCUT2D eigenvalue weighted by molar-refractivity contribution is -0.145. The van der Waals surface area contributed by atoms with Crippen LogP contribution < -0.4 is 0 Å². The number of hydrogen-bond donors (Lipinski definition) is 0. The Balaban J connectivity index is 2.71. The van der Waals surface area contributed by atoms with Crippen molar-refractivity contribution in [3.8, 4) is 0 Å². The molecular formula is C10H23N3. The van der Waals surface area contributed by atoms with Crippen molar-refractivity contribution in [3.05, 3.63) is 0 Å². The zero-order valence-corrected chi connectivity index (χ0v) is 9.62. The summed E-state index contributed by atoms with van der Waals surface area (Å²) in [4.78, 5) is 2.45. The molecule has 1 aliphatic heterocycles. The van der Waals surface area contributed by atoms with Crippen molar-refractivity contribution in [1.29, 1.82) is 0 Å². The predicted octanol–water partition coefficient (Wildman–Crippen LogP) is 1.08. The van der Waals surface area contributed by atoms with Gasteiger partial charge in [-0.3, -0.25) is 4.90 Å². The summed E-state index contributed by atoms with van der Waals surface area (Å²) >= 11 is 0. The molecule has 1 saturated heterocycles. The summed E-state index contributed by atoms with van der Waals surface area (Å²) in [6.45, 7) is 10.2. The van der Waals surface area contributed by atoms with E-state index in [4.69, 9.17) is 0 Å². The summed E-state index contributed by atoms with van der Waals surface area (Å²) in [6, 6.07) is 0. The number of hydrazine groups is 1. The summed E-state index contributed by atoms with van der Waals surface area (Å²) in [7, 11) is 4.41. The van der Waals surface area contributed by atoms with Gasteiger partial charge in [0.25, 0.3) is 0 Å². The lowest BCUT2D eigenvalue weighted by Gasteiger charge is -2.48. The molecule has 1 heterocycles. The fourth-order valence-electron chi connectivity index (χ4n) is 2.27. The molecule has 1 fully saturated rings. The minimum Gasteiger partial charge on any atom is -0.288 e. The molecule has 78 valence electrons. The molecule has 1 aliphatic rings. The maximum atomic E-state index is 2.45. The highest BCUT2D eigenvalue weighted by atomic mass is 15.7. The van der Waals surface area contributed by atoms with E-state index in [0.29, 0.717) is 12.1 Å². The molecule has 0 amide bonds. The molecule has 0 aromatic rings. The van der Waals surface area contributed by atoms with Crippen LogP contribution in [0.2, 0.25) is 0 Å². The van der Waals surface area contributed by atoms with Crippen LogP contribution in [0.25, 0.3) is 0 Å². The lowest BCUT2D eigenvalue weighted by atomic mass is 10.1. The normalized spacial score (nSPS) is 28.6. The molecule has 0 aliphatic carbocycles. The number of hydrogen-bond acceptors (Lipinski definition) is 3. The second kappa shape index (κ2) is 4.40. The van der Waals surface area contributed by atoms with E-state index in [9.17, 15) is 0 Å². The SMILES string of the molecule is CCN1C(C(C)C)N(C)CCN1C. The molecule has 0 bridgehead atoms. The van der Waals surface area contributed by atoms with Crippen molar-refractivity contribution < 1.29 is 0 Å². The number of nitrogens with zero attached hydrogens (tertiary/aromatic N) is 3. The Kier molecular flexibility index (Phi) is 3.71. The molecule has 13 heavy (non-hydrogen) atoms. The fraction of sp³-hybridized carbons (Fsp3) is 1.00. The first-order valence-corrected chi connectivity index (χ1v) is 5.25. The van der Waals surface area contributed by atoms with Crippen molar-refractivity contribution in [2.45, 2.75) is 26.9 Å². The van der Waals surface area contributed by atoms with Crippen molar-refractivity contribution in [1.82, 2.24) is 14.9 Å². The summed E-state index contributed by atoms with van der Waals surface area (Å²) in [5, 5.41) is 4.80. The van der Waals surface area contributed by atoms with Crippen molar-refractivity contribution in [2.24, 2.45) is 5.92 Å². The maximum absolute atomic E-state index is 2.45. The van der Waals surface area contributed by atoms with E-state index in [1.165, 1.54) is 6.54 Å². The molecule has 0 spiro atoms. The van der Waals surface area contributed by atoms with Gasteiger partial charge in [-0.1, -0.05) is 20.8 Å². The van der Waals surface area contributed by atoms with Crippen LogP contribution in [0.5, 0.6) is 0 Å². The maximum Gasteiger partial charge on any atom is 0.0781 e. The highest BCUT2D eigenvalue weighted by molar-refractivity contribution is 4.76. The quantitative estimate of drug-likeness (QED) is 0.637. The molecule has 0 saturated carbocycles. The van der Waals surface area contributed by atoms with Crippen LogP contribution in [-0.4, -0.2) is 54.8 Å². The van der Waals surface area contributed by atoms with Gasteiger partial charge < -0.3 is 0 Å². The van der Waals surface area contributed by atoms with Gasteiger partial charge in [0.2, 0.25) is 0 Å². The van der Waals surface area contributed by atoms with E-state index >= 15 is 0 Å². The van der Waals surface area contributed by atoms with E-state index in [2.05, 4.69) is 49.8 Å². The van der Waals surface area contributed by atoms with E-state index in [-0.39, 0.29) is 0 Å². The van der Waals surface area contributed by atoms with E-state index < -0.39 is 0 Å². The standard InChI is InChI=1S/C10H23N3/c1-6-13-10(9(2)3)11(4)7-8-12(13)5/h9-10H,6-8H2,1-5H3. The first-order chi connectivity index (χ1) is 6.07. The van der Waals surface area contributed by atoms with Gasteiger partial charge in [0.15, 0.2) is 0 Å². The van der Waals surface area contributed by atoms with Crippen LogP contribution in [0.15, 0.2) is 0 Å². The van der Waals surface area contributed by atoms with Gasteiger partial charge in [0.05, 0.1) is 6.17 Å². The number of likely N-dealkylation sites (N-methyl/N-ethyl adjacent to an activating group) is 2. The molecule has 0 radical (unpaired) electrons. The third-order valence-corrected chi connectivity index (χ3v) is 2.89. The van der Waals surface area contributed by atoms with Gasteiger partial charge in [0, 0.05) is 26.7 Å². The Morgan fingerprint density at radius 3 is 2.23 bits per heavy atom. The van der Waals surface area contributed by atoms with Crippen molar-refractivity contribution >= 4 is 0 Å². The van der Waals surface area contributed by atoms with Gasteiger partial charge in [-0.05, 0) is 13.0 Å². The van der Waals surface area contributed by atoms with Crippen molar-refractivity contribution in [2.75, 3.05) is 33.7 Å². The minimum atomic E-state index is 0.573. The average Bonchev–Trinajstić information content (AvgIpc) is 2.07. The van der Waals surface area contributed by atoms with Crippen LogP contribution in [0.4, 0.5) is 0 Å². The van der Waals surface area contributed by atoms with Gasteiger partial charge in [-0.15, -0.1) is 0 Å². The third kappa shape index (κ3) is 2.22. The minimum absolute atomic E-state index is 0.573. The first-order valence-electron chi connectivity index (χ1n) is 5.25. The zero-order chi connectivity index (χ0) is 10.0. The summed E-state index contributed by atoms with van der Waals surface area (Å²) in [5.41, 5.74) is 0. The third-order valence-electron chi connectivity index (χ3n) is 2.89. The number of rotatable bonds is 2. The van der Waals surface area contributed by atoms with E-state index in [0.717, 1.165) is 13.1 Å². The summed E-state index contributed by atoms with van der Waals surface area (Å²) < 4.78 is 0. The van der Waals surface area contributed by atoms with Crippen LogP contribution in [0, 0.1) is 5.92 Å². The van der Waals surface area contributed by atoms with Gasteiger partial charge >= 0.3 is 0 Å². The monoisotopic (exact) mass is 185 g/mol. The molecule has 3 nitrogen and oxygen atoms in total. The van der Waals surface area contributed by atoms with Crippen LogP contribution in [0.1, 0.15) is 20.8 Å². The molecule has 3 heteroatoms. The predicted molar refractivity (Wildman–Crippen MR) is 56.3 cm³/mol. The Hall–Kier alpha value is -0.120. The van der Waals surface area contributed by atoms with Gasteiger partial charge in [0.1, 0.15) is 0 Å².